The third kappa shape index (κ3) is 3.81. The molecule has 2 N–H and O–H groups in total. The molecule has 0 radical (unpaired) electrons. The van der Waals surface area contributed by atoms with Crippen molar-refractivity contribution in [2.24, 2.45) is 0 Å². The lowest BCUT2D eigenvalue weighted by atomic mass is 9.98. The summed E-state index contributed by atoms with van der Waals surface area (Å²) in [5.41, 5.74) is 0. The van der Waals surface area contributed by atoms with Crippen molar-refractivity contribution < 1.29 is 9.53 Å². The molecule has 1 fully saturated rings. The highest BCUT2D eigenvalue weighted by atomic mass is 16.5. The van der Waals surface area contributed by atoms with E-state index in [2.05, 4.69) is 20.5 Å². The number of ether oxygens (including phenoxy) is 1. The van der Waals surface area contributed by atoms with E-state index in [0.29, 0.717) is 19.3 Å². The van der Waals surface area contributed by atoms with Gasteiger partial charge in [0.25, 0.3) is 5.91 Å². The molecule has 1 saturated carbocycles. The molecule has 2 rings (SSSR count). The maximum absolute atomic E-state index is 11.5. The van der Waals surface area contributed by atoms with Gasteiger partial charge >= 0.3 is 0 Å². The topological polar surface area (TPSA) is 79.9 Å². The van der Waals surface area contributed by atoms with Crippen molar-refractivity contribution in [2.75, 3.05) is 13.2 Å². The molecule has 1 aliphatic carbocycles. The summed E-state index contributed by atoms with van der Waals surface area (Å²) in [6.45, 7) is 1.07. The van der Waals surface area contributed by atoms with E-state index in [9.17, 15) is 4.79 Å². The van der Waals surface area contributed by atoms with Gasteiger partial charge in [-0.05, 0) is 12.8 Å². The van der Waals surface area contributed by atoms with E-state index in [0.717, 1.165) is 12.8 Å². The molecule has 0 bridgehead atoms. The van der Waals surface area contributed by atoms with Crippen molar-refractivity contribution in [3.63, 3.8) is 0 Å². The molecule has 6 heteroatoms. The molecule has 0 spiro atoms. The van der Waals surface area contributed by atoms with E-state index in [1.54, 1.807) is 0 Å². The van der Waals surface area contributed by atoms with Crippen LogP contribution in [0, 0.1) is 0 Å². The van der Waals surface area contributed by atoms with Crippen molar-refractivity contribution in [3.8, 4) is 0 Å². The van der Waals surface area contributed by atoms with Crippen LogP contribution in [0.2, 0.25) is 0 Å². The summed E-state index contributed by atoms with van der Waals surface area (Å²) >= 11 is 0. The Labute approximate surface area is 100 Å². The lowest BCUT2D eigenvalue weighted by molar-refractivity contribution is 0.0299. The Balaban J connectivity index is 1.58. The zero-order valence-electron chi connectivity index (χ0n) is 9.82. The molecule has 0 aromatic carbocycles. The number of nitrogens with zero attached hydrogens (tertiary/aromatic N) is 2. The molecule has 94 valence electrons. The van der Waals surface area contributed by atoms with Crippen LogP contribution in [0.3, 0.4) is 0 Å². The number of carbonyl (C=O) groups is 1. The molecule has 0 unspecified atom stereocenters. The van der Waals surface area contributed by atoms with Crippen LogP contribution >= 0.6 is 0 Å². The second-order valence-electron chi connectivity index (χ2n) is 4.22. The molecule has 1 amide bonds. The van der Waals surface area contributed by atoms with E-state index in [4.69, 9.17) is 4.74 Å². The van der Waals surface area contributed by atoms with Gasteiger partial charge < -0.3 is 10.1 Å². The molecule has 1 heterocycles. The normalized spacial score (nSPS) is 16.9. The van der Waals surface area contributed by atoms with Gasteiger partial charge in [-0.25, -0.2) is 4.98 Å². The summed E-state index contributed by atoms with van der Waals surface area (Å²) in [6, 6.07) is 0. The van der Waals surface area contributed by atoms with Gasteiger partial charge in [0.1, 0.15) is 6.33 Å². The van der Waals surface area contributed by atoms with E-state index in [1.165, 1.54) is 25.6 Å². The van der Waals surface area contributed by atoms with Crippen LogP contribution in [0.1, 0.15) is 42.7 Å². The van der Waals surface area contributed by atoms with E-state index >= 15 is 0 Å². The highest BCUT2D eigenvalue weighted by Gasteiger charge is 2.13. The summed E-state index contributed by atoms with van der Waals surface area (Å²) in [7, 11) is 0. The minimum atomic E-state index is -0.241. The fourth-order valence-corrected chi connectivity index (χ4v) is 2.02. The quantitative estimate of drug-likeness (QED) is 0.746. The number of amides is 1. The zero-order valence-corrected chi connectivity index (χ0v) is 9.82. The first-order valence-electron chi connectivity index (χ1n) is 6.11. The van der Waals surface area contributed by atoms with E-state index in [1.807, 2.05) is 0 Å². The predicted molar refractivity (Wildman–Crippen MR) is 61.5 cm³/mol. The van der Waals surface area contributed by atoms with E-state index in [-0.39, 0.29) is 11.7 Å². The largest absolute Gasteiger partial charge is 0.376 e. The third-order valence-corrected chi connectivity index (χ3v) is 2.92. The summed E-state index contributed by atoms with van der Waals surface area (Å²) < 4.78 is 5.69. The maximum atomic E-state index is 11.5. The fraction of sp³-hybridized carbons (Fsp3) is 0.727. The van der Waals surface area contributed by atoms with Gasteiger partial charge in [-0.15, -0.1) is 0 Å². The Kier molecular flexibility index (Phi) is 4.49. The predicted octanol–water partition coefficient (Wildman–Crippen LogP) is 0.884. The molecule has 0 atom stereocenters. The minimum absolute atomic E-state index is 0.239. The van der Waals surface area contributed by atoms with Gasteiger partial charge in [0.05, 0.1) is 12.7 Å². The Morgan fingerprint density at radius 1 is 1.47 bits per heavy atom. The maximum Gasteiger partial charge on any atom is 0.288 e. The monoisotopic (exact) mass is 238 g/mol. The standard InChI is InChI=1S/C11H18N4O2/c16-11(10-13-8-14-15-10)12-6-7-17-9-4-2-1-3-5-9/h8-9H,1-7H2,(H,12,16)(H,13,14,15). The first-order valence-corrected chi connectivity index (χ1v) is 6.11. The second kappa shape index (κ2) is 6.34. The van der Waals surface area contributed by atoms with Crippen LogP contribution in [-0.4, -0.2) is 40.3 Å². The number of H-pyrrole nitrogens is 1. The zero-order chi connectivity index (χ0) is 11.9. The highest BCUT2D eigenvalue weighted by Crippen LogP contribution is 2.19. The number of nitrogens with one attached hydrogen (secondary N) is 2. The van der Waals surface area contributed by atoms with Crippen molar-refractivity contribution >= 4 is 5.91 Å². The molecule has 17 heavy (non-hydrogen) atoms. The van der Waals surface area contributed by atoms with Crippen LogP contribution in [0.25, 0.3) is 0 Å². The summed E-state index contributed by atoms with van der Waals surface area (Å²) in [5.74, 6) is -0.00240. The molecule has 1 aliphatic rings. The number of rotatable bonds is 5. The fourth-order valence-electron chi connectivity index (χ4n) is 2.02. The van der Waals surface area contributed by atoms with Crippen molar-refractivity contribution in [1.29, 1.82) is 0 Å². The van der Waals surface area contributed by atoms with Crippen LogP contribution in [0.15, 0.2) is 6.33 Å². The van der Waals surface area contributed by atoms with Crippen LogP contribution in [-0.2, 0) is 4.74 Å². The summed E-state index contributed by atoms with van der Waals surface area (Å²) in [4.78, 5) is 15.2. The van der Waals surface area contributed by atoms with Crippen LogP contribution < -0.4 is 5.32 Å². The molecular weight excluding hydrogens is 220 g/mol. The average molecular weight is 238 g/mol. The van der Waals surface area contributed by atoms with Gasteiger partial charge in [-0.2, -0.15) is 5.10 Å². The highest BCUT2D eigenvalue weighted by molar-refractivity contribution is 5.90. The van der Waals surface area contributed by atoms with Gasteiger partial charge in [0, 0.05) is 6.54 Å². The summed E-state index contributed by atoms with van der Waals surface area (Å²) in [6.07, 6.45) is 7.83. The third-order valence-electron chi connectivity index (χ3n) is 2.92. The SMILES string of the molecule is O=C(NCCOC1CCCCC1)c1ncn[nH]1. The Hall–Kier alpha value is -1.43. The average Bonchev–Trinajstić information content (AvgIpc) is 2.89. The molecule has 1 aromatic rings. The number of hydrogen-bond acceptors (Lipinski definition) is 4. The first kappa shape index (κ1) is 12.0. The smallest absolute Gasteiger partial charge is 0.288 e. The number of hydrogen-bond donors (Lipinski definition) is 2. The Morgan fingerprint density at radius 2 is 2.29 bits per heavy atom. The summed E-state index contributed by atoms with van der Waals surface area (Å²) in [5, 5.41) is 8.86. The van der Waals surface area contributed by atoms with Gasteiger partial charge in [-0.1, -0.05) is 19.3 Å². The molecule has 1 aromatic heterocycles. The van der Waals surface area contributed by atoms with Crippen molar-refractivity contribution in [1.82, 2.24) is 20.5 Å². The first-order chi connectivity index (χ1) is 8.36. The van der Waals surface area contributed by atoms with E-state index < -0.39 is 0 Å². The molecule has 0 aliphatic heterocycles. The van der Waals surface area contributed by atoms with Gasteiger partial charge in [0.2, 0.25) is 5.82 Å². The van der Waals surface area contributed by atoms with Gasteiger partial charge in [-0.3, -0.25) is 9.89 Å². The number of aromatic amines is 1. The van der Waals surface area contributed by atoms with Crippen molar-refractivity contribution in [3.05, 3.63) is 12.2 Å². The van der Waals surface area contributed by atoms with Crippen LogP contribution in [0.5, 0.6) is 0 Å². The van der Waals surface area contributed by atoms with Crippen molar-refractivity contribution in [2.45, 2.75) is 38.2 Å². The lowest BCUT2D eigenvalue weighted by Crippen LogP contribution is -2.30. The Morgan fingerprint density at radius 3 is 3.00 bits per heavy atom. The number of aromatic nitrogens is 3. The van der Waals surface area contributed by atoms with Gasteiger partial charge in [0.15, 0.2) is 0 Å². The number of carbonyl (C=O) groups excluding carboxylic acids is 1. The van der Waals surface area contributed by atoms with Crippen LogP contribution in [0.4, 0.5) is 0 Å². The Bertz CT molecular complexity index is 333. The molecular formula is C11H18N4O2. The lowest BCUT2D eigenvalue weighted by Gasteiger charge is -2.21. The second-order valence-corrected chi connectivity index (χ2v) is 4.22. The molecule has 6 nitrogen and oxygen atoms in total. The minimum Gasteiger partial charge on any atom is -0.376 e. The molecule has 0 saturated heterocycles.